The Morgan fingerprint density at radius 1 is 1.30 bits per heavy atom. The number of alkyl halides is 3. The number of ether oxygens (including phenoxy) is 1. The highest BCUT2D eigenvalue weighted by atomic mass is 19.4. The molecule has 1 aromatic rings. The maximum absolute atomic E-state index is 12.8. The van der Waals surface area contributed by atoms with Crippen molar-refractivity contribution in [2.45, 2.75) is 25.1 Å². The van der Waals surface area contributed by atoms with Crippen LogP contribution in [0.5, 0.6) is 0 Å². The molecule has 1 aliphatic rings. The number of anilines is 2. The minimum atomic E-state index is -4.49. The van der Waals surface area contributed by atoms with Crippen LogP contribution in [0.1, 0.15) is 18.5 Å². The molecular formula is C12H17F3N4O. The summed E-state index contributed by atoms with van der Waals surface area (Å²) in [6.07, 6.45) is -2.94. The van der Waals surface area contributed by atoms with Gasteiger partial charge in [-0.05, 0) is 12.8 Å². The van der Waals surface area contributed by atoms with Crippen molar-refractivity contribution in [2.75, 3.05) is 37.5 Å². The molecule has 0 spiro atoms. The molecule has 8 heteroatoms. The zero-order valence-electron chi connectivity index (χ0n) is 11.4. The van der Waals surface area contributed by atoms with Gasteiger partial charge in [-0.15, -0.1) is 0 Å². The Labute approximate surface area is 115 Å². The first-order chi connectivity index (χ1) is 9.41. The topological polar surface area (TPSA) is 50.3 Å². The third-order valence-electron chi connectivity index (χ3n) is 3.33. The summed E-state index contributed by atoms with van der Waals surface area (Å²) in [6.45, 7) is 1.23. The number of hydrogen-bond acceptors (Lipinski definition) is 5. The van der Waals surface area contributed by atoms with Crippen LogP contribution in [-0.2, 0) is 10.9 Å². The van der Waals surface area contributed by atoms with Gasteiger partial charge in [-0.25, -0.2) is 4.98 Å². The summed E-state index contributed by atoms with van der Waals surface area (Å²) in [5.74, 6) is 0.234. The second-order valence-electron chi connectivity index (χ2n) is 4.64. The smallest absolute Gasteiger partial charge is 0.381 e. The van der Waals surface area contributed by atoms with Crippen LogP contribution in [0.25, 0.3) is 0 Å². The van der Waals surface area contributed by atoms with Crippen LogP contribution in [0.15, 0.2) is 6.07 Å². The van der Waals surface area contributed by atoms with Gasteiger partial charge in [0, 0.05) is 39.4 Å². The average Bonchev–Trinajstić information content (AvgIpc) is 2.46. The quantitative estimate of drug-likeness (QED) is 0.924. The van der Waals surface area contributed by atoms with E-state index in [-0.39, 0.29) is 17.8 Å². The lowest BCUT2D eigenvalue weighted by atomic mass is 10.1. The Kier molecular flexibility index (Phi) is 4.32. The number of nitrogens with one attached hydrogen (secondary N) is 1. The van der Waals surface area contributed by atoms with Crippen molar-refractivity contribution in [1.29, 1.82) is 0 Å². The zero-order chi connectivity index (χ0) is 14.8. The van der Waals surface area contributed by atoms with E-state index >= 15 is 0 Å². The summed E-state index contributed by atoms with van der Waals surface area (Å²) < 4.78 is 43.8. The van der Waals surface area contributed by atoms with E-state index in [0.29, 0.717) is 13.2 Å². The van der Waals surface area contributed by atoms with Gasteiger partial charge < -0.3 is 15.0 Å². The van der Waals surface area contributed by atoms with Crippen LogP contribution in [0.2, 0.25) is 0 Å². The van der Waals surface area contributed by atoms with E-state index in [9.17, 15) is 13.2 Å². The van der Waals surface area contributed by atoms with Crippen LogP contribution >= 0.6 is 0 Å². The molecule has 0 saturated carbocycles. The fourth-order valence-corrected chi connectivity index (χ4v) is 2.13. The second kappa shape index (κ2) is 5.82. The van der Waals surface area contributed by atoms with Crippen LogP contribution in [0, 0.1) is 0 Å². The largest absolute Gasteiger partial charge is 0.433 e. The van der Waals surface area contributed by atoms with E-state index in [1.54, 1.807) is 11.9 Å². The molecule has 2 heterocycles. The van der Waals surface area contributed by atoms with Crippen LogP contribution in [-0.4, -0.2) is 43.3 Å². The second-order valence-corrected chi connectivity index (χ2v) is 4.64. The monoisotopic (exact) mass is 290 g/mol. The minimum absolute atomic E-state index is 0.0336. The molecule has 0 aromatic carbocycles. The summed E-state index contributed by atoms with van der Waals surface area (Å²) in [7, 11) is 3.24. The Morgan fingerprint density at radius 3 is 2.50 bits per heavy atom. The van der Waals surface area contributed by atoms with E-state index in [2.05, 4.69) is 15.3 Å². The number of halogens is 3. The summed E-state index contributed by atoms with van der Waals surface area (Å²) in [5, 5.41) is 2.56. The SMILES string of the molecule is CNc1nc(N(C)C2CCOCC2)cc(C(F)(F)F)n1. The van der Waals surface area contributed by atoms with E-state index in [1.807, 2.05) is 0 Å². The lowest BCUT2D eigenvalue weighted by Crippen LogP contribution is -2.37. The number of rotatable bonds is 3. The van der Waals surface area contributed by atoms with Gasteiger partial charge in [0.2, 0.25) is 5.95 Å². The van der Waals surface area contributed by atoms with E-state index in [4.69, 9.17) is 4.74 Å². The average molecular weight is 290 g/mol. The Morgan fingerprint density at radius 2 is 1.95 bits per heavy atom. The maximum Gasteiger partial charge on any atom is 0.433 e. The van der Waals surface area contributed by atoms with Gasteiger partial charge in [-0.3, -0.25) is 0 Å². The minimum Gasteiger partial charge on any atom is -0.381 e. The van der Waals surface area contributed by atoms with Gasteiger partial charge in [0.05, 0.1) is 0 Å². The molecule has 1 N–H and O–H groups in total. The molecule has 0 amide bonds. The zero-order valence-corrected chi connectivity index (χ0v) is 11.4. The standard InChI is InChI=1S/C12H17F3N4O/c1-16-11-17-9(12(13,14)15)7-10(18-11)19(2)8-3-5-20-6-4-8/h7-8H,3-6H2,1-2H3,(H,16,17,18). The molecule has 1 fully saturated rings. The fraction of sp³-hybridized carbons (Fsp3) is 0.667. The molecular weight excluding hydrogens is 273 g/mol. The summed E-state index contributed by atoms with van der Waals surface area (Å²) in [5.41, 5.74) is -0.939. The van der Waals surface area contributed by atoms with Gasteiger partial charge in [0.15, 0.2) is 5.69 Å². The third kappa shape index (κ3) is 3.30. The highest BCUT2D eigenvalue weighted by molar-refractivity contribution is 5.45. The van der Waals surface area contributed by atoms with E-state index in [0.717, 1.165) is 18.9 Å². The van der Waals surface area contributed by atoms with Gasteiger partial charge >= 0.3 is 6.18 Å². The van der Waals surface area contributed by atoms with Crippen molar-refractivity contribution in [2.24, 2.45) is 0 Å². The molecule has 112 valence electrons. The summed E-state index contributed by atoms with van der Waals surface area (Å²) in [4.78, 5) is 9.32. The van der Waals surface area contributed by atoms with Crippen LogP contribution in [0.3, 0.4) is 0 Å². The summed E-state index contributed by atoms with van der Waals surface area (Å²) >= 11 is 0. The highest BCUT2D eigenvalue weighted by Crippen LogP contribution is 2.31. The lowest BCUT2D eigenvalue weighted by molar-refractivity contribution is -0.141. The highest BCUT2D eigenvalue weighted by Gasteiger charge is 2.34. The fourth-order valence-electron chi connectivity index (χ4n) is 2.13. The molecule has 0 aliphatic carbocycles. The van der Waals surface area contributed by atoms with Crippen molar-refractivity contribution in [1.82, 2.24) is 9.97 Å². The lowest BCUT2D eigenvalue weighted by Gasteiger charge is -2.32. The van der Waals surface area contributed by atoms with E-state index in [1.165, 1.54) is 7.05 Å². The van der Waals surface area contributed by atoms with Gasteiger partial charge in [-0.2, -0.15) is 18.2 Å². The molecule has 2 rings (SSSR count). The van der Waals surface area contributed by atoms with Crippen molar-refractivity contribution in [3.05, 3.63) is 11.8 Å². The molecule has 1 aromatic heterocycles. The van der Waals surface area contributed by atoms with Crippen molar-refractivity contribution in [3.63, 3.8) is 0 Å². The Hall–Kier alpha value is -1.57. The molecule has 1 aliphatic heterocycles. The predicted octanol–water partition coefficient (Wildman–Crippen LogP) is 2.15. The third-order valence-corrected chi connectivity index (χ3v) is 3.33. The van der Waals surface area contributed by atoms with E-state index < -0.39 is 11.9 Å². The van der Waals surface area contributed by atoms with Crippen molar-refractivity contribution < 1.29 is 17.9 Å². The van der Waals surface area contributed by atoms with Gasteiger partial charge in [0.25, 0.3) is 0 Å². The first-order valence-corrected chi connectivity index (χ1v) is 6.36. The molecule has 0 unspecified atom stereocenters. The predicted molar refractivity (Wildman–Crippen MR) is 68.8 cm³/mol. The number of nitrogens with zero attached hydrogens (tertiary/aromatic N) is 3. The molecule has 1 saturated heterocycles. The van der Waals surface area contributed by atoms with Crippen molar-refractivity contribution in [3.8, 4) is 0 Å². The number of hydrogen-bond donors (Lipinski definition) is 1. The van der Waals surface area contributed by atoms with Crippen molar-refractivity contribution >= 4 is 11.8 Å². The Bertz CT molecular complexity index is 461. The molecule has 0 radical (unpaired) electrons. The molecule has 0 atom stereocenters. The van der Waals surface area contributed by atoms with Crippen LogP contribution < -0.4 is 10.2 Å². The number of aromatic nitrogens is 2. The van der Waals surface area contributed by atoms with Gasteiger partial charge in [-0.1, -0.05) is 0 Å². The molecule has 5 nitrogen and oxygen atoms in total. The Balaban J connectivity index is 2.29. The maximum atomic E-state index is 12.8. The normalized spacial score (nSPS) is 17.1. The first kappa shape index (κ1) is 14.8. The molecule has 20 heavy (non-hydrogen) atoms. The van der Waals surface area contributed by atoms with Gasteiger partial charge in [0.1, 0.15) is 5.82 Å². The first-order valence-electron chi connectivity index (χ1n) is 6.36. The van der Waals surface area contributed by atoms with Crippen LogP contribution in [0.4, 0.5) is 24.9 Å². The molecule has 0 bridgehead atoms. The summed E-state index contributed by atoms with van der Waals surface area (Å²) in [6, 6.07) is 1.11.